The number of anilines is 2. The van der Waals surface area contributed by atoms with Crippen molar-refractivity contribution >= 4 is 38.3 Å². The number of rotatable bonds is 7. The number of carbonyl (C=O) groups is 1. The van der Waals surface area contributed by atoms with Crippen LogP contribution < -0.4 is 10.6 Å². The summed E-state index contributed by atoms with van der Waals surface area (Å²) in [7, 11) is -3.02. The van der Waals surface area contributed by atoms with Crippen LogP contribution in [0.5, 0.6) is 0 Å². The minimum Gasteiger partial charge on any atom is -0.356 e. The SMILES string of the molecule is CS(=O)(=O)CCCNC(=O)C1CCc2[nH]c3ncnc(Nc4cccc5c4CCCC5)c3c2C1. The predicted octanol–water partition coefficient (Wildman–Crippen LogP) is 3.24. The second-order valence-corrected chi connectivity index (χ2v) is 11.8. The van der Waals surface area contributed by atoms with Crippen LogP contribution in [0.2, 0.25) is 0 Å². The first-order valence-electron chi connectivity index (χ1n) is 12.1. The van der Waals surface area contributed by atoms with E-state index in [0.29, 0.717) is 19.4 Å². The molecule has 1 atom stereocenters. The Morgan fingerprint density at radius 2 is 2.00 bits per heavy atom. The molecule has 34 heavy (non-hydrogen) atoms. The van der Waals surface area contributed by atoms with Crippen molar-refractivity contribution in [2.75, 3.05) is 23.9 Å². The molecule has 3 aromatic rings. The van der Waals surface area contributed by atoms with Crippen LogP contribution in [0.15, 0.2) is 24.5 Å². The van der Waals surface area contributed by atoms with Crippen molar-refractivity contribution in [1.29, 1.82) is 0 Å². The Bertz CT molecular complexity index is 1330. The molecule has 2 aliphatic rings. The van der Waals surface area contributed by atoms with E-state index < -0.39 is 9.84 Å². The van der Waals surface area contributed by atoms with Gasteiger partial charge in [0.15, 0.2) is 0 Å². The zero-order valence-corrected chi connectivity index (χ0v) is 20.3. The molecule has 0 saturated heterocycles. The monoisotopic (exact) mass is 481 g/mol. The first kappa shape index (κ1) is 22.8. The summed E-state index contributed by atoms with van der Waals surface area (Å²) in [6, 6.07) is 6.43. The van der Waals surface area contributed by atoms with Crippen molar-refractivity contribution in [3.63, 3.8) is 0 Å². The molecule has 0 aliphatic heterocycles. The van der Waals surface area contributed by atoms with Gasteiger partial charge in [-0.15, -0.1) is 0 Å². The first-order valence-corrected chi connectivity index (χ1v) is 14.1. The number of benzene rings is 1. The Morgan fingerprint density at radius 1 is 1.15 bits per heavy atom. The number of hydrogen-bond donors (Lipinski definition) is 3. The molecule has 0 spiro atoms. The number of nitrogens with zero attached hydrogens (tertiary/aromatic N) is 2. The minimum absolute atomic E-state index is 0.0167. The van der Waals surface area contributed by atoms with Crippen LogP contribution >= 0.6 is 0 Å². The van der Waals surface area contributed by atoms with Gasteiger partial charge in [0.05, 0.1) is 11.1 Å². The number of nitrogens with one attached hydrogen (secondary N) is 3. The molecule has 1 unspecified atom stereocenters. The quantitative estimate of drug-likeness (QED) is 0.446. The molecule has 2 heterocycles. The number of amides is 1. The second-order valence-electron chi connectivity index (χ2n) is 9.52. The van der Waals surface area contributed by atoms with Gasteiger partial charge in [-0.05, 0) is 74.1 Å². The smallest absolute Gasteiger partial charge is 0.223 e. The minimum atomic E-state index is -3.02. The van der Waals surface area contributed by atoms with Gasteiger partial charge in [0, 0.05) is 30.1 Å². The van der Waals surface area contributed by atoms with Crippen LogP contribution in [-0.2, 0) is 40.3 Å². The van der Waals surface area contributed by atoms with Crippen LogP contribution in [0.1, 0.15) is 48.1 Å². The Hall–Kier alpha value is -2.94. The zero-order valence-electron chi connectivity index (χ0n) is 19.5. The first-order chi connectivity index (χ1) is 16.4. The van der Waals surface area contributed by atoms with E-state index in [1.165, 1.54) is 30.2 Å². The van der Waals surface area contributed by atoms with Crippen molar-refractivity contribution in [3.05, 3.63) is 46.9 Å². The normalized spacial score (nSPS) is 17.7. The zero-order chi connectivity index (χ0) is 23.7. The van der Waals surface area contributed by atoms with Crippen LogP contribution in [-0.4, -0.2) is 47.8 Å². The second kappa shape index (κ2) is 9.37. The van der Waals surface area contributed by atoms with Crippen LogP contribution in [0.3, 0.4) is 0 Å². The van der Waals surface area contributed by atoms with Crippen molar-refractivity contribution in [2.45, 2.75) is 51.4 Å². The summed E-state index contributed by atoms with van der Waals surface area (Å²) in [5, 5.41) is 7.47. The lowest BCUT2D eigenvalue weighted by atomic mass is 9.86. The molecule has 0 fully saturated rings. The molecule has 0 saturated carbocycles. The van der Waals surface area contributed by atoms with Crippen molar-refractivity contribution < 1.29 is 13.2 Å². The number of carbonyl (C=O) groups excluding carboxylic acids is 1. The molecular weight excluding hydrogens is 450 g/mol. The van der Waals surface area contributed by atoms with Gasteiger partial charge in [-0.3, -0.25) is 4.79 Å². The van der Waals surface area contributed by atoms with Crippen molar-refractivity contribution in [1.82, 2.24) is 20.3 Å². The Morgan fingerprint density at radius 3 is 2.85 bits per heavy atom. The third-order valence-corrected chi connectivity index (χ3v) is 8.02. The lowest BCUT2D eigenvalue weighted by molar-refractivity contribution is -0.125. The number of hydrogen-bond acceptors (Lipinski definition) is 6. The number of sulfone groups is 1. The van der Waals surface area contributed by atoms with E-state index >= 15 is 0 Å². The number of H-pyrrole nitrogens is 1. The molecule has 180 valence electrons. The summed E-state index contributed by atoms with van der Waals surface area (Å²) in [6.07, 6.45) is 9.97. The van der Waals surface area contributed by atoms with Crippen molar-refractivity contribution in [2.24, 2.45) is 5.92 Å². The maximum absolute atomic E-state index is 12.8. The lowest BCUT2D eigenvalue weighted by Gasteiger charge is -2.22. The average Bonchev–Trinajstić information content (AvgIpc) is 3.20. The molecule has 2 aliphatic carbocycles. The third-order valence-electron chi connectivity index (χ3n) is 6.99. The highest BCUT2D eigenvalue weighted by molar-refractivity contribution is 7.90. The maximum Gasteiger partial charge on any atom is 0.223 e. The topological polar surface area (TPSA) is 117 Å². The van der Waals surface area contributed by atoms with Gasteiger partial charge in [-0.25, -0.2) is 18.4 Å². The molecule has 5 rings (SSSR count). The maximum atomic E-state index is 12.8. The Labute approximate surface area is 199 Å². The van der Waals surface area contributed by atoms with Gasteiger partial charge in [-0.1, -0.05) is 12.1 Å². The van der Waals surface area contributed by atoms with Gasteiger partial charge < -0.3 is 15.6 Å². The van der Waals surface area contributed by atoms with Gasteiger partial charge in [-0.2, -0.15) is 0 Å². The Kier molecular flexibility index (Phi) is 6.29. The Balaban J connectivity index is 1.37. The van der Waals surface area contributed by atoms with E-state index in [1.54, 1.807) is 6.33 Å². The summed E-state index contributed by atoms with van der Waals surface area (Å²) in [5.74, 6) is 0.690. The molecule has 2 aromatic heterocycles. The fourth-order valence-electron chi connectivity index (χ4n) is 5.28. The van der Waals surface area contributed by atoms with E-state index in [9.17, 15) is 13.2 Å². The van der Waals surface area contributed by atoms with Gasteiger partial charge in [0.2, 0.25) is 5.91 Å². The summed E-state index contributed by atoms with van der Waals surface area (Å²) >= 11 is 0. The number of aromatic amines is 1. The predicted molar refractivity (Wildman–Crippen MR) is 133 cm³/mol. The van der Waals surface area contributed by atoms with E-state index in [4.69, 9.17) is 0 Å². The van der Waals surface area contributed by atoms with E-state index in [1.807, 2.05) is 0 Å². The molecule has 3 N–H and O–H groups in total. The largest absolute Gasteiger partial charge is 0.356 e. The van der Waals surface area contributed by atoms with Crippen LogP contribution in [0.4, 0.5) is 11.5 Å². The molecule has 0 bridgehead atoms. The van der Waals surface area contributed by atoms with Gasteiger partial charge in [0.25, 0.3) is 0 Å². The molecule has 1 aromatic carbocycles. The lowest BCUT2D eigenvalue weighted by Crippen LogP contribution is -2.35. The fourth-order valence-corrected chi connectivity index (χ4v) is 5.94. The van der Waals surface area contributed by atoms with Gasteiger partial charge in [0.1, 0.15) is 27.6 Å². The van der Waals surface area contributed by atoms with Crippen LogP contribution in [0.25, 0.3) is 11.0 Å². The van der Waals surface area contributed by atoms with Crippen LogP contribution in [0, 0.1) is 5.92 Å². The summed E-state index contributed by atoms with van der Waals surface area (Å²) < 4.78 is 22.6. The molecule has 8 nitrogen and oxygen atoms in total. The molecule has 0 radical (unpaired) electrons. The van der Waals surface area contributed by atoms with E-state index in [2.05, 4.69) is 43.8 Å². The van der Waals surface area contributed by atoms with E-state index in [0.717, 1.165) is 59.5 Å². The highest BCUT2D eigenvalue weighted by Crippen LogP contribution is 2.36. The molecular formula is C25H31N5O3S. The summed E-state index contributed by atoms with van der Waals surface area (Å²) in [5.41, 5.74) is 6.89. The summed E-state index contributed by atoms with van der Waals surface area (Å²) in [6.45, 7) is 0.373. The highest BCUT2D eigenvalue weighted by atomic mass is 32.2. The summed E-state index contributed by atoms with van der Waals surface area (Å²) in [4.78, 5) is 25.3. The standard InChI is InChI=1S/C25H31N5O3S/c1-34(32,33)13-5-12-26-25(31)17-10-11-21-19(14-17)22-23(27-15-28-24(22)30-21)29-20-9-4-7-16-6-2-3-8-18(16)20/h4,7,9,15,17H,2-3,5-6,8,10-14H2,1H3,(H,26,31)(H2,27,28,29,30). The number of fused-ring (bicyclic) bond motifs is 4. The third kappa shape index (κ3) is 4.80. The molecule has 1 amide bonds. The van der Waals surface area contributed by atoms with E-state index in [-0.39, 0.29) is 17.6 Å². The number of aromatic nitrogens is 3. The number of aryl methyl sites for hydroxylation is 2. The average molecular weight is 482 g/mol. The van der Waals surface area contributed by atoms with Gasteiger partial charge >= 0.3 is 0 Å². The fraction of sp³-hybridized carbons (Fsp3) is 0.480. The highest BCUT2D eigenvalue weighted by Gasteiger charge is 2.29. The van der Waals surface area contributed by atoms with Crippen molar-refractivity contribution in [3.8, 4) is 0 Å². The molecule has 9 heteroatoms.